The topological polar surface area (TPSA) is 29.1 Å². The minimum atomic E-state index is 0. The average molecular weight is 75.1 g/mol. The molecule has 0 saturated heterocycles. The Morgan fingerprint density at radius 2 is 2.20 bits per heavy atom. The second kappa shape index (κ2) is 1.76. The monoisotopic (exact) mass is 75.1 g/mol. The Kier molecular flexibility index (Phi) is 1.57. The van der Waals surface area contributed by atoms with E-state index in [-0.39, 0.29) is 7.33 Å². The van der Waals surface area contributed by atoms with Crippen LogP contribution >= 0.6 is 0 Å². The molecule has 0 aromatic heterocycles. The van der Waals surface area contributed by atoms with E-state index in [0.717, 1.165) is 0 Å². The minimum absolute atomic E-state index is 0. The molecule has 0 aliphatic heterocycles. The zero-order valence-electron chi connectivity index (χ0n) is 3.41. The van der Waals surface area contributed by atoms with Crippen LogP contribution in [0.1, 0.15) is 8.35 Å². The summed E-state index contributed by atoms with van der Waals surface area (Å²) in [6.45, 7) is 1.47. The highest BCUT2D eigenvalue weighted by Crippen LogP contribution is 1.45. The van der Waals surface area contributed by atoms with Crippen LogP contribution in [0.25, 0.3) is 0 Å². The van der Waals surface area contributed by atoms with E-state index in [1.54, 1.807) is 7.05 Å². The molecule has 0 aromatic carbocycles. The van der Waals surface area contributed by atoms with Crippen molar-refractivity contribution in [1.29, 1.82) is 0 Å². The van der Waals surface area contributed by atoms with E-state index in [9.17, 15) is 4.79 Å². The summed E-state index contributed by atoms with van der Waals surface area (Å²) in [5, 5.41) is 2.39. The molecule has 0 aliphatic carbocycles. The molecule has 32 valence electrons. The number of hydrogen-bond donors (Lipinski definition) is 1. The van der Waals surface area contributed by atoms with Crippen molar-refractivity contribution in [3.63, 3.8) is 0 Å². The fraction of sp³-hybridized carbons (Fsp3) is 0.667. The summed E-state index contributed by atoms with van der Waals surface area (Å²) in [7, 11) is 1.60. The molecule has 0 unspecified atom stereocenters. The summed E-state index contributed by atoms with van der Waals surface area (Å²) < 4.78 is 0. The van der Waals surface area contributed by atoms with Gasteiger partial charge < -0.3 is 5.32 Å². The first-order valence-electron chi connectivity index (χ1n) is 1.45. The first-order valence-corrected chi connectivity index (χ1v) is 1.45. The van der Waals surface area contributed by atoms with Crippen LogP contribution in [0, 0.1) is 0 Å². The third kappa shape index (κ3) is 3.47. The fourth-order valence-corrected chi connectivity index (χ4v) is 0. The number of nitrogens with one attached hydrogen (secondary N) is 1. The zero-order chi connectivity index (χ0) is 4.28. The summed E-state index contributed by atoms with van der Waals surface area (Å²) >= 11 is 0. The van der Waals surface area contributed by atoms with Crippen molar-refractivity contribution >= 4 is 5.91 Å². The van der Waals surface area contributed by atoms with Crippen molar-refractivity contribution in [2.45, 2.75) is 6.92 Å². The lowest BCUT2D eigenvalue weighted by molar-refractivity contribution is -0.118. The third-order valence-corrected chi connectivity index (χ3v) is 0.352. The summed E-state index contributed by atoms with van der Waals surface area (Å²) in [5.74, 6) is 0.00463. The van der Waals surface area contributed by atoms with Gasteiger partial charge in [0.15, 0.2) is 0 Å². The lowest BCUT2D eigenvalue weighted by atomic mass is 10.7. The predicted octanol–water partition coefficient (Wildman–Crippen LogP) is -0.00170. The Hall–Kier alpha value is -0.530. The normalized spacial score (nSPS) is 6.80. The van der Waals surface area contributed by atoms with Crippen LogP contribution in [0.15, 0.2) is 0 Å². The van der Waals surface area contributed by atoms with Gasteiger partial charge in [0.2, 0.25) is 5.91 Å². The second-order valence-electron chi connectivity index (χ2n) is 0.806. The van der Waals surface area contributed by atoms with Crippen molar-refractivity contribution in [3.8, 4) is 0 Å². The summed E-state index contributed by atoms with van der Waals surface area (Å²) in [6, 6.07) is 0. The minimum Gasteiger partial charge on any atom is -0.359 e. The highest BCUT2D eigenvalue weighted by atomic mass is 16.1. The quantitative estimate of drug-likeness (QED) is 0.431. The highest BCUT2D eigenvalue weighted by molar-refractivity contribution is 5.72. The van der Waals surface area contributed by atoms with Gasteiger partial charge in [-0.15, -0.1) is 0 Å². The Morgan fingerprint density at radius 3 is 2.20 bits per heavy atom. The Bertz CT molecular complexity index is 46.1. The molecule has 2 heteroatoms. The van der Waals surface area contributed by atoms with Crippen molar-refractivity contribution in [3.05, 3.63) is 0 Å². The number of rotatable bonds is 0. The van der Waals surface area contributed by atoms with E-state index in [2.05, 4.69) is 5.32 Å². The number of carbonyl (C=O) groups excluding carboxylic acids is 1. The first-order chi connectivity index (χ1) is 2.27. The van der Waals surface area contributed by atoms with Gasteiger partial charge in [0.1, 0.15) is 0 Å². The molecule has 0 aromatic rings. The molecule has 1 amide bonds. The molecule has 2 nitrogen and oxygen atoms in total. The van der Waals surface area contributed by atoms with Gasteiger partial charge in [-0.05, 0) is 0 Å². The molecular formula is C3H9NO. The van der Waals surface area contributed by atoms with E-state index in [0.29, 0.717) is 0 Å². The zero-order valence-corrected chi connectivity index (χ0v) is 3.41. The number of amides is 1. The maximum absolute atomic E-state index is 9.70. The van der Waals surface area contributed by atoms with E-state index >= 15 is 0 Å². The van der Waals surface area contributed by atoms with Gasteiger partial charge in [-0.1, -0.05) is 0 Å². The fourth-order valence-electron chi connectivity index (χ4n) is 0. The van der Waals surface area contributed by atoms with Crippen LogP contribution in [0.2, 0.25) is 0 Å². The number of carbonyl (C=O) groups is 1. The maximum atomic E-state index is 9.70. The SMILES string of the molecule is CNC(C)=O.[HH]. The van der Waals surface area contributed by atoms with Crippen molar-refractivity contribution in [2.24, 2.45) is 0 Å². The van der Waals surface area contributed by atoms with Crippen LogP contribution in [0.3, 0.4) is 0 Å². The summed E-state index contributed by atoms with van der Waals surface area (Å²) in [4.78, 5) is 9.70. The van der Waals surface area contributed by atoms with Crippen LogP contribution in [-0.2, 0) is 4.79 Å². The molecule has 5 heavy (non-hydrogen) atoms. The van der Waals surface area contributed by atoms with E-state index in [4.69, 9.17) is 0 Å². The molecular weight excluding hydrogens is 66.0 g/mol. The molecule has 0 saturated carbocycles. The van der Waals surface area contributed by atoms with Crippen LogP contribution in [0.4, 0.5) is 0 Å². The second-order valence-corrected chi connectivity index (χ2v) is 0.806. The molecule has 0 rings (SSSR count). The van der Waals surface area contributed by atoms with E-state index in [1.807, 2.05) is 0 Å². The Morgan fingerprint density at radius 1 is 2.00 bits per heavy atom. The van der Waals surface area contributed by atoms with Crippen LogP contribution < -0.4 is 5.32 Å². The van der Waals surface area contributed by atoms with Crippen molar-refractivity contribution in [2.75, 3.05) is 7.05 Å². The lowest BCUT2D eigenvalue weighted by Crippen LogP contribution is -2.11. The molecule has 0 spiro atoms. The lowest BCUT2D eigenvalue weighted by Gasteiger charge is -1.80. The van der Waals surface area contributed by atoms with Gasteiger partial charge >= 0.3 is 0 Å². The average Bonchev–Trinajstić information content (AvgIpc) is 1.38. The standard InChI is InChI=1S/C3H7NO.H2/c1-3(5)4-2;/h1-2H3,(H,4,5);1H. The molecule has 0 atom stereocenters. The predicted molar refractivity (Wildman–Crippen MR) is 21.9 cm³/mol. The van der Waals surface area contributed by atoms with Gasteiger partial charge in [0.25, 0.3) is 0 Å². The molecule has 0 heterocycles. The third-order valence-electron chi connectivity index (χ3n) is 0.352. The Balaban J connectivity index is 0. The number of hydrogen-bond acceptors (Lipinski definition) is 1. The van der Waals surface area contributed by atoms with Gasteiger partial charge in [-0.2, -0.15) is 0 Å². The van der Waals surface area contributed by atoms with Crippen molar-refractivity contribution in [1.82, 2.24) is 5.32 Å². The maximum Gasteiger partial charge on any atom is 0.216 e. The van der Waals surface area contributed by atoms with E-state index < -0.39 is 0 Å². The molecule has 0 fully saturated rings. The first kappa shape index (κ1) is 4.47. The van der Waals surface area contributed by atoms with Gasteiger partial charge in [-0.3, -0.25) is 4.79 Å². The van der Waals surface area contributed by atoms with Gasteiger partial charge in [-0.25, -0.2) is 0 Å². The molecule has 0 aliphatic rings. The molecule has 0 bridgehead atoms. The summed E-state index contributed by atoms with van der Waals surface area (Å²) in [6.07, 6.45) is 0. The largest absolute Gasteiger partial charge is 0.359 e. The Labute approximate surface area is 32.7 Å². The van der Waals surface area contributed by atoms with Gasteiger partial charge in [0, 0.05) is 15.4 Å². The highest BCUT2D eigenvalue weighted by Gasteiger charge is 1.72. The summed E-state index contributed by atoms with van der Waals surface area (Å²) in [5.41, 5.74) is 0. The smallest absolute Gasteiger partial charge is 0.216 e. The molecule has 0 radical (unpaired) electrons. The van der Waals surface area contributed by atoms with Crippen LogP contribution in [0.5, 0.6) is 0 Å². The van der Waals surface area contributed by atoms with Gasteiger partial charge in [0.05, 0.1) is 0 Å². The van der Waals surface area contributed by atoms with Crippen molar-refractivity contribution < 1.29 is 6.22 Å². The van der Waals surface area contributed by atoms with Crippen LogP contribution in [-0.4, -0.2) is 13.0 Å². The molecule has 1 N–H and O–H groups in total. The van der Waals surface area contributed by atoms with E-state index in [1.165, 1.54) is 6.92 Å².